The standard InChI is InChI=1S/C26H25N5O3S/c1-18(20-14-15-22(33-2)23(16-20)34-3)27-28-24(32)17-35-26-30-29-25(19-10-6-4-7-11-19)31(26)21-12-8-5-9-13-21/h4-16H,17H2,1-3H3,(H,28,32)/b27-18+. The van der Waals surface area contributed by atoms with E-state index in [2.05, 4.69) is 20.7 Å². The largest absolute Gasteiger partial charge is 0.493 e. The van der Waals surface area contributed by atoms with Crippen LogP contribution >= 0.6 is 11.8 Å². The fourth-order valence-corrected chi connectivity index (χ4v) is 4.13. The zero-order valence-corrected chi connectivity index (χ0v) is 20.5. The summed E-state index contributed by atoms with van der Waals surface area (Å²) in [6.07, 6.45) is 0. The maximum atomic E-state index is 12.6. The predicted molar refractivity (Wildman–Crippen MR) is 137 cm³/mol. The molecule has 0 spiro atoms. The van der Waals surface area contributed by atoms with E-state index in [1.165, 1.54) is 11.8 Å². The van der Waals surface area contributed by atoms with E-state index in [1.54, 1.807) is 20.3 Å². The SMILES string of the molecule is COc1ccc(/C(C)=N/NC(=O)CSc2nnc(-c3ccccc3)n2-c2ccccc2)cc1OC. The Morgan fingerprint density at radius 3 is 2.31 bits per heavy atom. The number of para-hydroxylation sites is 1. The third-order valence-electron chi connectivity index (χ3n) is 5.16. The summed E-state index contributed by atoms with van der Waals surface area (Å²) >= 11 is 1.30. The molecule has 8 nitrogen and oxygen atoms in total. The maximum Gasteiger partial charge on any atom is 0.250 e. The molecule has 0 radical (unpaired) electrons. The zero-order chi connectivity index (χ0) is 24.6. The molecule has 0 bridgehead atoms. The molecule has 1 aromatic heterocycles. The Morgan fingerprint density at radius 2 is 1.63 bits per heavy atom. The molecule has 0 atom stereocenters. The monoisotopic (exact) mass is 487 g/mol. The van der Waals surface area contributed by atoms with Gasteiger partial charge in [0, 0.05) is 16.8 Å². The average molecular weight is 488 g/mol. The van der Waals surface area contributed by atoms with Crippen molar-refractivity contribution in [3.05, 3.63) is 84.4 Å². The van der Waals surface area contributed by atoms with E-state index >= 15 is 0 Å². The Kier molecular flexibility index (Phi) is 7.79. The number of benzene rings is 3. The summed E-state index contributed by atoms with van der Waals surface area (Å²) in [7, 11) is 3.16. The summed E-state index contributed by atoms with van der Waals surface area (Å²) in [5, 5.41) is 13.6. The van der Waals surface area contributed by atoms with Gasteiger partial charge in [-0.2, -0.15) is 5.10 Å². The van der Waals surface area contributed by atoms with E-state index in [-0.39, 0.29) is 11.7 Å². The molecule has 1 N–H and O–H groups in total. The highest BCUT2D eigenvalue weighted by atomic mass is 32.2. The van der Waals surface area contributed by atoms with E-state index in [9.17, 15) is 4.79 Å². The summed E-state index contributed by atoms with van der Waals surface area (Å²) in [4.78, 5) is 12.6. The molecule has 4 rings (SSSR count). The number of aromatic nitrogens is 3. The van der Waals surface area contributed by atoms with Crippen LogP contribution in [-0.4, -0.2) is 46.4 Å². The minimum atomic E-state index is -0.251. The molecule has 0 saturated carbocycles. The van der Waals surface area contributed by atoms with E-state index < -0.39 is 0 Å². The van der Waals surface area contributed by atoms with E-state index in [4.69, 9.17) is 9.47 Å². The van der Waals surface area contributed by atoms with Crippen LogP contribution in [0.2, 0.25) is 0 Å². The molecule has 0 saturated heterocycles. The van der Waals surface area contributed by atoms with Crippen LogP contribution in [0.4, 0.5) is 0 Å². The van der Waals surface area contributed by atoms with E-state index in [0.29, 0.717) is 28.2 Å². The van der Waals surface area contributed by atoms with Crippen LogP contribution in [0.15, 0.2) is 89.1 Å². The molecule has 9 heteroatoms. The normalized spacial score (nSPS) is 11.2. The van der Waals surface area contributed by atoms with Gasteiger partial charge < -0.3 is 9.47 Å². The summed E-state index contributed by atoms with van der Waals surface area (Å²) in [5.74, 6) is 1.81. The minimum absolute atomic E-state index is 0.127. The van der Waals surface area contributed by atoms with Crippen molar-refractivity contribution in [1.29, 1.82) is 0 Å². The Labute approximate surface area is 208 Å². The Bertz CT molecular complexity index is 1320. The van der Waals surface area contributed by atoms with Crippen LogP contribution in [0.3, 0.4) is 0 Å². The van der Waals surface area contributed by atoms with Crippen molar-refractivity contribution >= 4 is 23.4 Å². The highest BCUT2D eigenvalue weighted by molar-refractivity contribution is 7.99. The number of nitrogens with one attached hydrogen (secondary N) is 1. The van der Waals surface area contributed by atoms with Crippen molar-refractivity contribution in [3.63, 3.8) is 0 Å². The van der Waals surface area contributed by atoms with Crippen LogP contribution in [0.25, 0.3) is 17.1 Å². The van der Waals surface area contributed by atoms with Gasteiger partial charge in [-0.15, -0.1) is 10.2 Å². The second-order valence-electron chi connectivity index (χ2n) is 7.43. The van der Waals surface area contributed by atoms with Crippen molar-refractivity contribution in [3.8, 4) is 28.6 Å². The fraction of sp³-hybridized carbons (Fsp3) is 0.154. The van der Waals surface area contributed by atoms with Gasteiger partial charge in [-0.25, -0.2) is 5.43 Å². The number of carbonyl (C=O) groups excluding carboxylic acids is 1. The van der Waals surface area contributed by atoms with E-state index in [0.717, 1.165) is 16.8 Å². The van der Waals surface area contributed by atoms with Crippen LogP contribution in [0, 0.1) is 0 Å². The summed E-state index contributed by atoms with van der Waals surface area (Å²) in [5.41, 5.74) is 5.93. The van der Waals surface area contributed by atoms with Gasteiger partial charge in [0.2, 0.25) is 0 Å². The molecule has 0 aliphatic rings. The molecular weight excluding hydrogens is 462 g/mol. The van der Waals surface area contributed by atoms with E-state index in [1.807, 2.05) is 84.3 Å². The third kappa shape index (κ3) is 5.70. The smallest absolute Gasteiger partial charge is 0.250 e. The number of methoxy groups -OCH3 is 2. The zero-order valence-electron chi connectivity index (χ0n) is 19.6. The topological polar surface area (TPSA) is 90.6 Å². The van der Waals surface area contributed by atoms with Gasteiger partial charge in [0.25, 0.3) is 5.91 Å². The average Bonchev–Trinajstić information content (AvgIpc) is 3.35. The highest BCUT2D eigenvalue weighted by Gasteiger charge is 2.17. The number of hydrogen-bond acceptors (Lipinski definition) is 7. The Morgan fingerprint density at radius 1 is 0.943 bits per heavy atom. The lowest BCUT2D eigenvalue weighted by atomic mass is 10.1. The van der Waals surface area contributed by atoms with Crippen molar-refractivity contribution in [1.82, 2.24) is 20.2 Å². The maximum absolute atomic E-state index is 12.6. The number of nitrogens with zero attached hydrogens (tertiary/aromatic N) is 4. The molecule has 0 fully saturated rings. The number of carbonyl (C=O) groups is 1. The number of thioether (sulfide) groups is 1. The van der Waals surface area contributed by atoms with Crippen molar-refractivity contribution in [2.75, 3.05) is 20.0 Å². The molecule has 1 heterocycles. The van der Waals surface area contributed by atoms with Gasteiger partial charge in [-0.05, 0) is 37.3 Å². The third-order valence-corrected chi connectivity index (χ3v) is 6.09. The first kappa shape index (κ1) is 24.0. The number of ether oxygens (including phenoxy) is 2. The van der Waals surface area contributed by atoms with Crippen LogP contribution in [0.1, 0.15) is 12.5 Å². The molecule has 35 heavy (non-hydrogen) atoms. The molecule has 0 aliphatic carbocycles. The first-order valence-corrected chi connectivity index (χ1v) is 11.8. The van der Waals surface area contributed by atoms with Gasteiger partial charge in [-0.3, -0.25) is 9.36 Å². The summed E-state index contributed by atoms with van der Waals surface area (Å²) in [6, 6.07) is 25.1. The second-order valence-corrected chi connectivity index (χ2v) is 8.38. The summed E-state index contributed by atoms with van der Waals surface area (Å²) in [6.45, 7) is 1.81. The molecule has 3 aromatic carbocycles. The number of hydrazone groups is 1. The molecule has 4 aromatic rings. The predicted octanol–water partition coefficient (Wildman–Crippen LogP) is 4.58. The molecule has 1 amide bonds. The fourth-order valence-electron chi connectivity index (χ4n) is 3.38. The van der Waals surface area contributed by atoms with Crippen molar-refractivity contribution < 1.29 is 14.3 Å². The first-order chi connectivity index (χ1) is 17.1. The highest BCUT2D eigenvalue weighted by Crippen LogP contribution is 2.29. The van der Waals surface area contributed by atoms with Gasteiger partial charge in [0.15, 0.2) is 22.5 Å². The Balaban J connectivity index is 1.48. The van der Waals surface area contributed by atoms with Gasteiger partial charge in [0.05, 0.1) is 25.7 Å². The number of hydrogen-bond donors (Lipinski definition) is 1. The van der Waals surface area contributed by atoms with Crippen LogP contribution in [-0.2, 0) is 4.79 Å². The number of amides is 1. The lowest BCUT2D eigenvalue weighted by molar-refractivity contribution is -0.118. The second kappa shape index (κ2) is 11.3. The van der Waals surface area contributed by atoms with Crippen molar-refractivity contribution in [2.24, 2.45) is 5.10 Å². The van der Waals surface area contributed by atoms with Gasteiger partial charge in [0.1, 0.15) is 0 Å². The quantitative estimate of drug-likeness (QED) is 0.211. The van der Waals surface area contributed by atoms with Crippen LogP contribution < -0.4 is 14.9 Å². The first-order valence-electron chi connectivity index (χ1n) is 10.8. The molecule has 0 unspecified atom stereocenters. The molecule has 178 valence electrons. The van der Waals surface area contributed by atoms with Gasteiger partial charge in [-0.1, -0.05) is 60.3 Å². The van der Waals surface area contributed by atoms with Gasteiger partial charge >= 0.3 is 0 Å². The lowest BCUT2D eigenvalue weighted by Crippen LogP contribution is -2.21. The molecular formula is C26H25N5O3S. The molecule has 0 aliphatic heterocycles. The number of rotatable bonds is 9. The minimum Gasteiger partial charge on any atom is -0.493 e. The lowest BCUT2D eigenvalue weighted by Gasteiger charge is -2.10. The van der Waals surface area contributed by atoms with Crippen molar-refractivity contribution in [2.45, 2.75) is 12.1 Å². The summed E-state index contributed by atoms with van der Waals surface area (Å²) < 4.78 is 12.6. The van der Waals surface area contributed by atoms with Crippen LogP contribution in [0.5, 0.6) is 11.5 Å². The Hall–Kier alpha value is -4.11.